The van der Waals surface area contributed by atoms with Crippen molar-refractivity contribution in [2.45, 2.75) is 45.1 Å². The normalized spacial score (nSPS) is 17.4. The molecular weight excluding hydrogens is 200 g/mol. The van der Waals surface area contributed by atoms with Crippen LogP contribution in [0.2, 0.25) is 0 Å². The average molecular weight is 220 g/mol. The van der Waals surface area contributed by atoms with Crippen LogP contribution in [-0.4, -0.2) is 23.1 Å². The third-order valence-electron chi connectivity index (χ3n) is 3.42. The van der Waals surface area contributed by atoms with Gasteiger partial charge < -0.3 is 10.6 Å². The number of anilines is 2. The van der Waals surface area contributed by atoms with Gasteiger partial charge in [0.2, 0.25) is 5.95 Å². The maximum absolute atomic E-state index is 5.65. The number of nitrogens with two attached hydrogens (primary N) is 1. The van der Waals surface area contributed by atoms with Crippen molar-refractivity contribution in [3.05, 3.63) is 11.8 Å². The van der Waals surface area contributed by atoms with Crippen molar-refractivity contribution < 1.29 is 0 Å². The van der Waals surface area contributed by atoms with Gasteiger partial charge in [-0.05, 0) is 19.8 Å². The van der Waals surface area contributed by atoms with Gasteiger partial charge in [-0.2, -0.15) is 4.98 Å². The maximum Gasteiger partial charge on any atom is 0.221 e. The number of hydrogen-bond acceptors (Lipinski definition) is 4. The Labute approximate surface area is 96.9 Å². The monoisotopic (exact) mass is 220 g/mol. The first-order valence-electron chi connectivity index (χ1n) is 6.00. The van der Waals surface area contributed by atoms with Gasteiger partial charge in [0.05, 0.1) is 0 Å². The van der Waals surface area contributed by atoms with Gasteiger partial charge in [-0.25, -0.2) is 4.98 Å². The van der Waals surface area contributed by atoms with Crippen molar-refractivity contribution in [2.75, 3.05) is 17.7 Å². The molecule has 0 aromatic carbocycles. The summed E-state index contributed by atoms with van der Waals surface area (Å²) in [6.45, 7) is 2.04. The third-order valence-corrected chi connectivity index (χ3v) is 3.42. The van der Waals surface area contributed by atoms with E-state index < -0.39 is 0 Å². The summed E-state index contributed by atoms with van der Waals surface area (Å²) in [6.07, 6.45) is 8.36. The molecule has 1 heterocycles. The largest absolute Gasteiger partial charge is 0.368 e. The molecule has 0 saturated heterocycles. The fraction of sp³-hybridized carbons (Fsp3) is 0.667. The van der Waals surface area contributed by atoms with E-state index in [-0.39, 0.29) is 0 Å². The highest BCUT2D eigenvalue weighted by atomic mass is 15.2. The van der Waals surface area contributed by atoms with Crippen LogP contribution in [-0.2, 0) is 0 Å². The predicted octanol–water partition coefficient (Wildman–Crippen LogP) is 2.14. The molecule has 1 aromatic rings. The molecule has 1 fully saturated rings. The van der Waals surface area contributed by atoms with E-state index in [1.165, 1.54) is 32.1 Å². The van der Waals surface area contributed by atoms with Gasteiger partial charge >= 0.3 is 0 Å². The van der Waals surface area contributed by atoms with Gasteiger partial charge in [-0.1, -0.05) is 19.3 Å². The van der Waals surface area contributed by atoms with Crippen LogP contribution in [0.3, 0.4) is 0 Å². The Morgan fingerprint density at radius 1 is 1.31 bits per heavy atom. The highest BCUT2D eigenvalue weighted by Crippen LogP contribution is 2.26. The van der Waals surface area contributed by atoms with Crippen molar-refractivity contribution in [1.82, 2.24) is 9.97 Å². The molecule has 1 aromatic heterocycles. The topological polar surface area (TPSA) is 55.0 Å². The van der Waals surface area contributed by atoms with Crippen LogP contribution in [0.25, 0.3) is 0 Å². The van der Waals surface area contributed by atoms with E-state index in [1.807, 2.05) is 6.92 Å². The molecule has 1 aliphatic carbocycles. The molecule has 0 aliphatic heterocycles. The second kappa shape index (κ2) is 4.68. The molecule has 1 saturated carbocycles. The van der Waals surface area contributed by atoms with Gasteiger partial charge in [-0.3, -0.25) is 0 Å². The summed E-state index contributed by atoms with van der Waals surface area (Å²) in [4.78, 5) is 10.6. The lowest BCUT2D eigenvalue weighted by atomic mass is 9.94. The second-order valence-electron chi connectivity index (χ2n) is 4.64. The van der Waals surface area contributed by atoms with Gasteiger partial charge in [0.15, 0.2) is 0 Å². The van der Waals surface area contributed by atoms with Crippen LogP contribution in [0.5, 0.6) is 0 Å². The quantitative estimate of drug-likeness (QED) is 0.829. The van der Waals surface area contributed by atoms with Crippen molar-refractivity contribution in [3.8, 4) is 0 Å². The summed E-state index contributed by atoms with van der Waals surface area (Å²) < 4.78 is 0. The van der Waals surface area contributed by atoms with Crippen molar-refractivity contribution in [1.29, 1.82) is 0 Å². The molecule has 0 spiro atoms. The molecule has 0 atom stereocenters. The lowest BCUT2D eigenvalue weighted by Crippen LogP contribution is -2.34. The van der Waals surface area contributed by atoms with E-state index in [1.54, 1.807) is 6.20 Å². The number of nitrogen functional groups attached to an aromatic ring is 1. The zero-order valence-electron chi connectivity index (χ0n) is 10.1. The molecule has 0 radical (unpaired) electrons. The average Bonchev–Trinajstić information content (AvgIpc) is 2.32. The molecule has 88 valence electrons. The van der Waals surface area contributed by atoms with Gasteiger partial charge in [0.1, 0.15) is 5.82 Å². The van der Waals surface area contributed by atoms with Crippen molar-refractivity contribution >= 4 is 11.8 Å². The number of aryl methyl sites for hydroxylation is 1. The molecule has 16 heavy (non-hydrogen) atoms. The number of hydrogen-bond donors (Lipinski definition) is 1. The van der Waals surface area contributed by atoms with Crippen LogP contribution in [0, 0.1) is 6.92 Å². The van der Waals surface area contributed by atoms with Crippen LogP contribution in [0.4, 0.5) is 11.8 Å². The summed E-state index contributed by atoms with van der Waals surface area (Å²) in [7, 11) is 2.12. The highest BCUT2D eigenvalue weighted by molar-refractivity contribution is 5.48. The highest BCUT2D eigenvalue weighted by Gasteiger charge is 2.20. The standard InChI is InChI=1S/C12H20N4/c1-9-8-14-12(13)15-11(9)16(2)10-6-4-3-5-7-10/h8,10H,3-7H2,1-2H3,(H2,13,14,15). The first-order valence-corrected chi connectivity index (χ1v) is 6.00. The number of nitrogens with zero attached hydrogens (tertiary/aromatic N) is 3. The summed E-state index contributed by atoms with van der Waals surface area (Å²) in [5.74, 6) is 1.35. The molecule has 0 bridgehead atoms. The maximum atomic E-state index is 5.65. The summed E-state index contributed by atoms with van der Waals surface area (Å²) in [6, 6.07) is 0.613. The Morgan fingerprint density at radius 3 is 2.69 bits per heavy atom. The lowest BCUT2D eigenvalue weighted by molar-refractivity contribution is 0.425. The Hall–Kier alpha value is -1.32. The van der Waals surface area contributed by atoms with Crippen molar-refractivity contribution in [2.24, 2.45) is 0 Å². The fourth-order valence-corrected chi connectivity index (χ4v) is 2.44. The Kier molecular flexibility index (Phi) is 3.27. The van der Waals surface area contributed by atoms with E-state index >= 15 is 0 Å². The zero-order chi connectivity index (χ0) is 11.5. The number of rotatable bonds is 2. The molecule has 4 nitrogen and oxygen atoms in total. The van der Waals surface area contributed by atoms with Crippen molar-refractivity contribution in [3.63, 3.8) is 0 Å². The minimum absolute atomic E-state index is 0.364. The molecular formula is C12H20N4. The fourth-order valence-electron chi connectivity index (χ4n) is 2.44. The van der Waals surface area contributed by atoms with E-state index in [0.29, 0.717) is 12.0 Å². The minimum Gasteiger partial charge on any atom is -0.368 e. The van der Waals surface area contributed by atoms with Crippen LogP contribution < -0.4 is 10.6 Å². The van der Waals surface area contributed by atoms with E-state index in [0.717, 1.165) is 11.4 Å². The SMILES string of the molecule is Cc1cnc(N)nc1N(C)C1CCCCC1. The van der Waals surface area contributed by atoms with Gasteiger partial charge in [0.25, 0.3) is 0 Å². The van der Waals surface area contributed by atoms with Crippen LogP contribution in [0.1, 0.15) is 37.7 Å². The minimum atomic E-state index is 0.364. The predicted molar refractivity (Wildman–Crippen MR) is 66.5 cm³/mol. The first-order chi connectivity index (χ1) is 7.68. The van der Waals surface area contributed by atoms with E-state index in [4.69, 9.17) is 5.73 Å². The molecule has 0 amide bonds. The lowest BCUT2D eigenvalue weighted by Gasteiger charge is -2.32. The molecule has 2 N–H and O–H groups in total. The Morgan fingerprint density at radius 2 is 2.00 bits per heavy atom. The third kappa shape index (κ3) is 2.26. The smallest absolute Gasteiger partial charge is 0.221 e. The van der Waals surface area contributed by atoms with Gasteiger partial charge in [0, 0.05) is 24.8 Å². The van der Waals surface area contributed by atoms with Gasteiger partial charge in [-0.15, -0.1) is 0 Å². The first kappa shape index (κ1) is 11.2. The second-order valence-corrected chi connectivity index (χ2v) is 4.64. The van der Waals surface area contributed by atoms with Crippen LogP contribution >= 0.6 is 0 Å². The van der Waals surface area contributed by atoms with E-state index in [2.05, 4.69) is 21.9 Å². The summed E-state index contributed by atoms with van der Waals surface area (Å²) in [5, 5.41) is 0. The summed E-state index contributed by atoms with van der Waals surface area (Å²) in [5.41, 5.74) is 6.75. The van der Waals surface area contributed by atoms with Crippen LogP contribution in [0.15, 0.2) is 6.20 Å². The number of aromatic nitrogens is 2. The molecule has 4 heteroatoms. The Balaban J connectivity index is 2.18. The molecule has 0 unspecified atom stereocenters. The zero-order valence-corrected chi connectivity index (χ0v) is 10.1. The van der Waals surface area contributed by atoms with E-state index in [9.17, 15) is 0 Å². The molecule has 1 aliphatic rings. The Bertz CT molecular complexity index is 358. The summed E-state index contributed by atoms with van der Waals surface area (Å²) >= 11 is 0. The molecule has 2 rings (SSSR count).